The van der Waals surface area contributed by atoms with Gasteiger partial charge in [-0.05, 0) is 86.6 Å². The van der Waals surface area contributed by atoms with E-state index in [0.29, 0.717) is 40.3 Å². The smallest absolute Gasteiger partial charge is 0.410 e. The molecule has 0 radical (unpaired) electrons. The predicted molar refractivity (Wildman–Crippen MR) is 210 cm³/mol. The lowest BCUT2D eigenvalue weighted by atomic mass is 10.1. The Labute approximate surface area is 303 Å². The maximum atomic E-state index is 13.8. The minimum absolute atomic E-state index is 0.156. The Balaban J connectivity index is 1.29. The second-order valence-electron chi connectivity index (χ2n) is 16.1. The quantitative estimate of drug-likeness (QED) is 0.152. The Morgan fingerprint density at radius 2 is 1.57 bits per heavy atom. The van der Waals surface area contributed by atoms with Crippen LogP contribution in [0.4, 0.5) is 22.1 Å². The average Bonchev–Trinajstić information content (AvgIpc) is 3.83. The summed E-state index contributed by atoms with van der Waals surface area (Å²) >= 11 is 0. The summed E-state index contributed by atoms with van der Waals surface area (Å²) in [4.78, 5) is 40.7. The number of rotatable bonds is 7. The highest BCUT2D eigenvalue weighted by Gasteiger charge is 2.54. The molecule has 9 nitrogen and oxygen atoms in total. The lowest BCUT2D eigenvalue weighted by Crippen LogP contribution is -2.58. The molecular formula is C41H52N6O3Si. The van der Waals surface area contributed by atoms with E-state index in [-0.39, 0.29) is 17.2 Å². The van der Waals surface area contributed by atoms with Crippen LogP contribution >= 0.6 is 0 Å². The molecule has 1 amide bonds. The fourth-order valence-corrected chi connectivity index (χ4v) is 13.2. The molecule has 3 heterocycles. The number of amides is 1. The molecule has 1 spiro atoms. The van der Waals surface area contributed by atoms with Gasteiger partial charge in [-0.3, -0.25) is 14.3 Å². The third-order valence-electron chi connectivity index (χ3n) is 10.6. The number of piperazine rings is 1. The summed E-state index contributed by atoms with van der Waals surface area (Å²) in [6, 6.07) is 19.4. The second-order valence-corrected chi connectivity index (χ2v) is 21.7. The van der Waals surface area contributed by atoms with Crippen molar-refractivity contribution in [2.75, 3.05) is 29.9 Å². The maximum Gasteiger partial charge on any atom is 0.410 e. The van der Waals surface area contributed by atoms with Crippen LogP contribution in [-0.2, 0) is 4.74 Å². The highest BCUT2D eigenvalue weighted by atomic mass is 28.3. The summed E-state index contributed by atoms with van der Waals surface area (Å²) in [6.07, 6.45) is 3.53. The molecule has 1 aliphatic carbocycles. The first-order valence-electron chi connectivity index (χ1n) is 18.3. The van der Waals surface area contributed by atoms with Gasteiger partial charge >= 0.3 is 6.09 Å². The molecule has 1 aliphatic heterocycles. The number of nitrogens with one attached hydrogen (secondary N) is 1. The van der Waals surface area contributed by atoms with Crippen molar-refractivity contribution in [1.29, 1.82) is 0 Å². The third-order valence-corrected chi connectivity index (χ3v) is 16.9. The number of anilines is 3. The number of hydrogen-bond donors (Lipinski definition) is 1. The van der Waals surface area contributed by atoms with Crippen molar-refractivity contribution < 1.29 is 9.53 Å². The molecular weight excluding hydrogens is 653 g/mol. The molecule has 1 N–H and O–H groups in total. The molecule has 0 unspecified atom stereocenters. The fourth-order valence-electron chi connectivity index (χ4n) is 7.96. The minimum Gasteiger partial charge on any atom is -0.444 e. The minimum atomic E-state index is -2.04. The normalized spacial score (nSPS) is 15.8. The molecule has 2 aromatic heterocycles. The van der Waals surface area contributed by atoms with Gasteiger partial charge in [0.25, 0.3) is 5.56 Å². The number of benzene rings is 2. The molecule has 51 heavy (non-hydrogen) atoms. The van der Waals surface area contributed by atoms with Gasteiger partial charge in [0, 0.05) is 48.8 Å². The van der Waals surface area contributed by atoms with Crippen molar-refractivity contribution in [1.82, 2.24) is 19.4 Å². The van der Waals surface area contributed by atoms with Gasteiger partial charge in [-0.2, -0.15) is 4.98 Å². The number of aromatic nitrogens is 3. The van der Waals surface area contributed by atoms with Gasteiger partial charge in [0.15, 0.2) is 5.65 Å². The van der Waals surface area contributed by atoms with E-state index in [1.54, 1.807) is 16.8 Å². The first kappa shape index (κ1) is 36.2. The summed E-state index contributed by atoms with van der Waals surface area (Å²) in [5, 5.41) is 4.10. The Hall–Kier alpha value is -4.62. The van der Waals surface area contributed by atoms with Crippen molar-refractivity contribution >= 4 is 42.5 Å². The van der Waals surface area contributed by atoms with Crippen LogP contribution in [-0.4, -0.2) is 64.4 Å². The number of carbonyl (C=O) groups excluding carboxylic acids is 1. The molecule has 10 heteroatoms. The van der Waals surface area contributed by atoms with Crippen LogP contribution in [0.1, 0.15) is 80.7 Å². The second kappa shape index (κ2) is 13.8. The van der Waals surface area contributed by atoms with E-state index in [0.717, 1.165) is 48.4 Å². The zero-order valence-corrected chi connectivity index (χ0v) is 32.6. The molecule has 4 aromatic rings. The molecule has 0 atom stereocenters. The van der Waals surface area contributed by atoms with E-state index in [9.17, 15) is 9.59 Å². The topological polar surface area (TPSA) is 92.6 Å². The van der Waals surface area contributed by atoms with E-state index >= 15 is 0 Å². The van der Waals surface area contributed by atoms with Crippen LogP contribution in [0, 0.1) is 11.5 Å². The lowest BCUT2D eigenvalue weighted by molar-refractivity contribution is 0.0106. The zero-order valence-electron chi connectivity index (χ0n) is 31.6. The third kappa shape index (κ3) is 7.27. The van der Waals surface area contributed by atoms with Crippen LogP contribution in [0.2, 0.25) is 16.6 Å². The maximum absolute atomic E-state index is 13.8. The van der Waals surface area contributed by atoms with Gasteiger partial charge in [0.05, 0.1) is 16.6 Å². The zero-order chi connectivity index (χ0) is 36.7. The van der Waals surface area contributed by atoms with E-state index in [4.69, 9.17) is 14.7 Å². The number of nitrogens with zero attached hydrogens (tertiary/aromatic N) is 5. The van der Waals surface area contributed by atoms with Gasteiger partial charge in [-0.25, -0.2) is 9.78 Å². The highest BCUT2D eigenvalue weighted by Crippen LogP contribution is 2.46. The van der Waals surface area contributed by atoms with Gasteiger partial charge < -0.3 is 15.0 Å². The van der Waals surface area contributed by atoms with Crippen LogP contribution in [0.5, 0.6) is 0 Å². The van der Waals surface area contributed by atoms with E-state index < -0.39 is 13.7 Å². The molecule has 2 fully saturated rings. The Bertz CT molecular complexity index is 2000. The molecule has 2 aliphatic rings. The van der Waals surface area contributed by atoms with Crippen molar-refractivity contribution in [2.45, 2.75) is 103 Å². The number of hydrogen-bond acceptors (Lipinski definition) is 7. The fraction of sp³-hybridized carbons (Fsp3) is 0.463. The van der Waals surface area contributed by atoms with Crippen LogP contribution in [0.25, 0.3) is 16.7 Å². The van der Waals surface area contributed by atoms with Crippen molar-refractivity contribution in [3.8, 4) is 17.2 Å². The van der Waals surface area contributed by atoms with E-state index in [2.05, 4.69) is 75.4 Å². The van der Waals surface area contributed by atoms with Crippen LogP contribution < -0.4 is 15.8 Å². The summed E-state index contributed by atoms with van der Waals surface area (Å²) in [5.41, 5.74) is 8.17. The number of para-hydroxylation sites is 1. The molecule has 2 aromatic carbocycles. The first-order chi connectivity index (χ1) is 24.1. The standard InChI is InChI=1S/C41H52N6O3Si/c1-28(2)51(29(3)4,30(5)6)24-19-31-25-36(48)47(34-13-11-10-12-14-34)37-35(31)26-42-38(44-37)43-32-15-17-33(18-16-32)45-22-23-46(41(27-45)20-21-41)39(49)50-40(7,8)9/h10-18,25-26,28-30H,20-23,27H2,1-9H3,(H,42,43,44). The Morgan fingerprint density at radius 3 is 2.16 bits per heavy atom. The monoisotopic (exact) mass is 704 g/mol. The van der Waals surface area contributed by atoms with E-state index in [1.807, 2.05) is 68.1 Å². The SMILES string of the molecule is CC(C)[Si](C#Cc1cc(=O)n(-c2ccccc2)c2nc(Nc3ccc(N4CCN(C(=O)OC(C)(C)C)C5(CC5)C4)cc3)ncc12)(C(C)C)C(C)C. The summed E-state index contributed by atoms with van der Waals surface area (Å²) in [7, 11) is -2.04. The van der Waals surface area contributed by atoms with E-state index in [1.165, 1.54) is 0 Å². The molecule has 6 rings (SSSR count). The largest absolute Gasteiger partial charge is 0.444 e. The highest BCUT2D eigenvalue weighted by molar-refractivity contribution is 6.90. The summed E-state index contributed by atoms with van der Waals surface area (Å²) in [5.74, 6) is 3.88. The van der Waals surface area contributed by atoms with Crippen molar-refractivity contribution in [3.63, 3.8) is 0 Å². The summed E-state index contributed by atoms with van der Waals surface area (Å²) in [6.45, 7) is 21.6. The number of carbonyl (C=O) groups is 1. The van der Waals surface area contributed by atoms with Crippen LogP contribution in [0.3, 0.4) is 0 Å². The van der Waals surface area contributed by atoms with Gasteiger partial charge in [-0.15, -0.1) is 5.54 Å². The predicted octanol–water partition coefficient (Wildman–Crippen LogP) is 8.68. The number of pyridine rings is 1. The van der Waals surface area contributed by atoms with Crippen LogP contribution in [0.15, 0.2) is 71.7 Å². The Morgan fingerprint density at radius 1 is 0.922 bits per heavy atom. The first-order valence-corrected chi connectivity index (χ1v) is 20.5. The van der Waals surface area contributed by atoms with Gasteiger partial charge in [0.2, 0.25) is 5.95 Å². The van der Waals surface area contributed by atoms with Crippen molar-refractivity contribution in [2.24, 2.45) is 0 Å². The molecule has 0 bridgehead atoms. The lowest BCUT2D eigenvalue weighted by Gasteiger charge is -2.43. The molecule has 268 valence electrons. The summed E-state index contributed by atoms with van der Waals surface area (Å²) < 4.78 is 7.35. The number of ether oxygens (including phenoxy) is 1. The molecule has 1 saturated heterocycles. The van der Waals surface area contributed by atoms with Gasteiger partial charge in [0.1, 0.15) is 13.7 Å². The Kier molecular flexibility index (Phi) is 9.81. The van der Waals surface area contributed by atoms with Crippen molar-refractivity contribution in [3.05, 3.63) is 82.8 Å². The number of fused-ring (bicyclic) bond motifs is 1. The average molecular weight is 705 g/mol. The van der Waals surface area contributed by atoms with Gasteiger partial charge in [-0.1, -0.05) is 65.7 Å². The molecule has 1 saturated carbocycles.